The average Bonchev–Trinajstić information content (AvgIpc) is 2.48. The standard InChI is InChI=1S/C9H12NO2Si.2ClH.Zr/c1-13(2)7-4-3-6(9(7)13)10-8(12)5-11;;;/h11H,4-5H2,1-2H3,(H,10,12);2*1H;/q;;;+2/p-2. The second kappa shape index (κ2) is 5.49. The number of amides is 1. The Morgan fingerprint density at radius 2 is 2.06 bits per heavy atom. The Bertz CT molecular complexity index is 393. The fourth-order valence-electron chi connectivity index (χ4n) is 2.05. The van der Waals surface area contributed by atoms with Crippen LogP contribution in [0.1, 0.15) is 6.42 Å². The first-order valence-corrected chi connectivity index (χ1v) is 8.81. The summed E-state index contributed by atoms with van der Waals surface area (Å²) in [5, 5.41) is 14.5. The number of hydrogen-bond acceptors (Lipinski definition) is 2. The van der Waals surface area contributed by atoms with Crippen molar-refractivity contribution in [2.75, 3.05) is 6.61 Å². The van der Waals surface area contributed by atoms with Crippen molar-refractivity contribution < 1.29 is 59.4 Å². The minimum absolute atomic E-state index is 0. The van der Waals surface area contributed by atoms with E-state index in [0.29, 0.717) is 0 Å². The number of allylic oxidation sites excluding steroid dienone is 3. The van der Waals surface area contributed by atoms with E-state index >= 15 is 0 Å². The zero-order valence-electron chi connectivity index (χ0n) is 9.03. The summed E-state index contributed by atoms with van der Waals surface area (Å²) in [5.74, 6) is -0.287. The summed E-state index contributed by atoms with van der Waals surface area (Å²) in [6.45, 7) is 4.20. The van der Waals surface area contributed by atoms with Gasteiger partial charge in [0.1, 0.15) is 0 Å². The molecule has 87 valence electrons. The fraction of sp³-hybridized carbons (Fsp3) is 0.444. The minimum atomic E-state index is -1.20. The molecule has 0 aromatic rings. The fourth-order valence-corrected chi connectivity index (χ4v) is 7.20. The van der Waals surface area contributed by atoms with E-state index in [1.165, 1.54) is 33.2 Å². The third-order valence-electron chi connectivity index (χ3n) is 2.93. The zero-order valence-corrected chi connectivity index (χ0v) is 14.0. The predicted octanol–water partition coefficient (Wildman–Crippen LogP) is -5.64. The van der Waals surface area contributed by atoms with Gasteiger partial charge in [-0.3, -0.25) is 0 Å². The molecule has 1 aliphatic carbocycles. The van der Waals surface area contributed by atoms with E-state index < -0.39 is 14.7 Å². The number of rotatable bonds is 2. The second-order valence-corrected chi connectivity index (χ2v) is 10.1. The zero-order chi connectivity index (χ0) is 10.5. The number of carbonyl (C=O) groups excluding carboxylic acids is 1. The van der Waals surface area contributed by atoms with E-state index in [0.717, 1.165) is 12.1 Å². The van der Waals surface area contributed by atoms with Crippen molar-refractivity contribution in [2.45, 2.75) is 19.5 Å². The first-order chi connectivity index (χ1) is 6.48. The molecule has 0 saturated carbocycles. The monoisotopic (exact) mass is 354 g/mol. The maximum Gasteiger partial charge on any atom is -1.00 e. The molecule has 0 unspecified atom stereocenters. The van der Waals surface area contributed by atoms with Gasteiger partial charge in [0.15, 0.2) is 0 Å². The molecule has 0 bridgehead atoms. The van der Waals surface area contributed by atoms with Crippen molar-refractivity contribution in [3.63, 3.8) is 0 Å². The van der Waals surface area contributed by atoms with Crippen molar-refractivity contribution in [1.29, 1.82) is 0 Å². The van der Waals surface area contributed by atoms with Crippen LogP contribution in [0.4, 0.5) is 0 Å². The number of carbonyl (C=O) groups is 1. The molecule has 1 heterocycles. The van der Waals surface area contributed by atoms with Gasteiger partial charge in [-0.25, -0.2) is 0 Å². The van der Waals surface area contributed by atoms with Crippen LogP contribution in [0.25, 0.3) is 0 Å². The molecule has 0 saturated heterocycles. The van der Waals surface area contributed by atoms with Crippen molar-refractivity contribution in [1.82, 2.24) is 5.32 Å². The summed E-state index contributed by atoms with van der Waals surface area (Å²) < 4.78 is 1.33. The van der Waals surface area contributed by atoms with Gasteiger partial charge in [-0.15, -0.1) is 0 Å². The van der Waals surface area contributed by atoms with Crippen molar-refractivity contribution in [3.8, 4) is 0 Å². The minimum Gasteiger partial charge on any atom is -1.00 e. The quantitative estimate of drug-likeness (QED) is 0.485. The average molecular weight is 356 g/mol. The summed E-state index contributed by atoms with van der Waals surface area (Å²) in [5.41, 5.74) is 1.05. The van der Waals surface area contributed by atoms with Crippen LogP contribution >= 0.6 is 0 Å². The smallest absolute Gasteiger partial charge is 1.00 e. The molecule has 0 aromatic carbocycles. The molecular weight excluding hydrogens is 344 g/mol. The Labute approximate surface area is 123 Å². The normalized spacial score (nSPS) is 19.8. The van der Waals surface area contributed by atoms with Crippen LogP contribution in [0, 0.1) is 0 Å². The molecule has 0 spiro atoms. The molecule has 1 aliphatic heterocycles. The number of nitrogens with one attached hydrogen (secondary N) is 1. The first kappa shape index (κ1) is 16.6. The van der Waals surface area contributed by atoms with Gasteiger partial charge >= 0.3 is 99.4 Å². The van der Waals surface area contributed by atoms with Crippen LogP contribution in [-0.4, -0.2) is 25.7 Å². The summed E-state index contributed by atoms with van der Waals surface area (Å²) >= 11 is 1.37. The molecule has 0 aromatic heterocycles. The van der Waals surface area contributed by atoms with Gasteiger partial charge in [-0.1, -0.05) is 0 Å². The number of hydrogen-bond donors (Lipinski definition) is 2. The van der Waals surface area contributed by atoms with Gasteiger partial charge in [0.2, 0.25) is 0 Å². The largest absolute Gasteiger partial charge is 1.00 e. The Balaban J connectivity index is 0.00000112. The van der Waals surface area contributed by atoms with Gasteiger partial charge in [0, 0.05) is 0 Å². The SMILES string of the molecule is C[Si]1(C)C2=C1C(NC(=O)CO)=[C]([Zr+2])C2.[Cl-].[Cl-]. The number of aliphatic hydroxyl groups is 1. The molecule has 1 amide bonds. The van der Waals surface area contributed by atoms with Gasteiger partial charge in [-0.05, 0) is 0 Å². The van der Waals surface area contributed by atoms with E-state index in [9.17, 15) is 4.79 Å². The van der Waals surface area contributed by atoms with E-state index in [2.05, 4.69) is 18.4 Å². The topological polar surface area (TPSA) is 49.3 Å². The van der Waals surface area contributed by atoms with Crippen molar-refractivity contribution in [3.05, 3.63) is 19.4 Å². The molecule has 16 heavy (non-hydrogen) atoms. The Hall–Kier alpha value is 0.590. The molecule has 2 aliphatic rings. The van der Waals surface area contributed by atoms with Gasteiger partial charge in [0.25, 0.3) is 0 Å². The van der Waals surface area contributed by atoms with E-state index in [1.54, 1.807) is 5.20 Å². The predicted molar refractivity (Wildman–Crippen MR) is 51.4 cm³/mol. The Morgan fingerprint density at radius 1 is 1.50 bits per heavy atom. The third kappa shape index (κ3) is 2.54. The first-order valence-electron chi connectivity index (χ1n) is 4.58. The van der Waals surface area contributed by atoms with E-state index in [-0.39, 0.29) is 30.7 Å². The molecular formula is C9H12Cl2NO2SiZr. The van der Waals surface area contributed by atoms with Crippen molar-refractivity contribution in [2.24, 2.45) is 0 Å². The molecule has 2 N–H and O–H groups in total. The summed E-state index contributed by atoms with van der Waals surface area (Å²) in [7, 11) is -1.20. The van der Waals surface area contributed by atoms with Gasteiger partial charge in [-0.2, -0.15) is 0 Å². The molecule has 7 heteroatoms. The Kier molecular flexibility index (Phi) is 5.69. The summed E-state index contributed by atoms with van der Waals surface area (Å²) in [4.78, 5) is 11.1. The second-order valence-electron chi connectivity index (χ2n) is 4.22. The number of aliphatic hydroxyl groups excluding tert-OH is 1. The van der Waals surface area contributed by atoms with Crippen LogP contribution in [0.2, 0.25) is 13.1 Å². The van der Waals surface area contributed by atoms with Crippen LogP contribution in [0.3, 0.4) is 0 Å². The maximum atomic E-state index is 11.1. The van der Waals surface area contributed by atoms with Crippen LogP contribution in [0.15, 0.2) is 19.4 Å². The summed E-state index contributed by atoms with van der Waals surface area (Å²) in [6, 6.07) is 0. The van der Waals surface area contributed by atoms with Crippen LogP contribution in [-0.2, 0) is 29.5 Å². The van der Waals surface area contributed by atoms with E-state index in [4.69, 9.17) is 5.11 Å². The summed E-state index contributed by atoms with van der Waals surface area (Å²) in [6.07, 6.45) is 1.08. The van der Waals surface area contributed by atoms with Crippen LogP contribution in [0.5, 0.6) is 0 Å². The van der Waals surface area contributed by atoms with E-state index in [1.807, 2.05) is 0 Å². The third-order valence-corrected chi connectivity index (χ3v) is 7.47. The number of halogens is 2. The van der Waals surface area contributed by atoms with Crippen molar-refractivity contribution >= 4 is 14.0 Å². The molecule has 0 radical (unpaired) electrons. The molecule has 0 atom stereocenters. The van der Waals surface area contributed by atoms with Gasteiger partial charge < -0.3 is 24.8 Å². The molecule has 2 rings (SSSR count). The van der Waals surface area contributed by atoms with Crippen LogP contribution < -0.4 is 30.1 Å². The Morgan fingerprint density at radius 3 is 2.50 bits per heavy atom. The molecule has 3 nitrogen and oxygen atoms in total. The van der Waals surface area contributed by atoms with Gasteiger partial charge in [0.05, 0.1) is 0 Å². The molecule has 0 fully saturated rings. The maximum absolute atomic E-state index is 11.1.